The predicted molar refractivity (Wildman–Crippen MR) is 102 cm³/mol. The second-order valence-electron chi connectivity index (χ2n) is 5.78. The Morgan fingerprint density at radius 3 is 2.48 bits per heavy atom. The SMILES string of the molecule is CN=C(NCCOc1ccccc1C)NCC(CO)c1ccccc1. The van der Waals surface area contributed by atoms with Crippen molar-refractivity contribution >= 4 is 5.96 Å². The Morgan fingerprint density at radius 1 is 1.08 bits per heavy atom. The molecule has 0 bridgehead atoms. The van der Waals surface area contributed by atoms with E-state index in [1.165, 1.54) is 0 Å². The van der Waals surface area contributed by atoms with Crippen molar-refractivity contribution in [2.45, 2.75) is 12.8 Å². The molecular formula is C20H27N3O2. The number of nitrogens with zero attached hydrogens (tertiary/aromatic N) is 1. The Kier molecular flexibility index (Phi) is 7.79. The number of guanidine groups is 1. The normalized spacial score (nSPS) is 12.5. The van der Waals surface area contributed by atoms with Crippen molar-refractivity contribution in [3.63, 3.8) is 0 Å². The minimum Gasteiger partial charge on any atom is -0.491 e. The summed E-state index contributed by atoms with van der Waals surface area (Å²) in [7, 11) is 1.73. The molecule has 0 amide bonds. The van der Waals surface area contributed by atoms with Crippen LogP contribution in [0.25, 0.3) is 0 Å². The number of aliphatic imine (C=N–C) groups is 1. The number of hydrogen-bond donors (Lipinski definition) is 3. The van der Waals surface area contributed by atoms with Crippen LogP contribution in [-0.4, -0.2) is 44.4 Å². The highest BCUT2D eigenvalue weighted by atomic mass is 16.5. The van der Waals surface area contributed by atoms with Gasteiger partial charge in [0.25, 0.3) is 0 Å². The minimum absolute atomic E-state index is 0.0305. The summed E-state index contributed by atoms with van der Waals surface area (Å²) in [5, 5.41) is 16.1. The molecule has 0 aromatic heterocycles. The maximum absolute atomic E-state index is 9.61. The number of aliphatic hydroxyl groups is 1. The lowest BCUT2D eigenvalue weighted by Crippen LogP contribution is -2.41. The Hall–Kier alpha value is -2.53. The molecule has 5 heteroatoms. The third-order valence-electron chi connectivity index (χ3n) is 3.98. The highest BCUT2D eigenvalue weighted by Crippen LogP contribution is 2.15. The highest BCUT2D eigenvalue weighted by molar-refractivity contribution is 5.79. The van der Waals surface area contributed by atoms with Crippen molar-refractivity contribution in [2.24, 2.45) is 4.99 Å². The number of rotatable bonds is 8. The fraction of sp³-hybridized carbons (Fsp3) is 0.350. The van der Waals surface area contributed by atoms with Crippen molar-refractivity contribution < 1.29 is 9.84 Å². The van der Waals surface area contributed by atoms with Gasteiger partial charge in [0, 0.05) is 19.5 Å². The molecule has 0 saturated carbocycles. The van der Waals surface area contributed by atoms with Gasteiger partial charge in [0.1, 0.15) is 12.4 Å². The fourth-order valence-corrected chi connectivity index (χ4v) is 2.50. The third-order valence-corrected chi connectivity index (χ3v) is 3.98. The summed E-state index contributed by atoms with van der Waals surface area (Å²) in [5.41, 5.74) is 2.23. The van der Waals surface area contributed by atoms with Crippen molar-refractivity contribution in [3.8, 4) is 5.75 Å². The van der Waals surface area contributed by atoms with Gasteiger partial charge in [-0.1, -0.05) is 48.5 Å². The first-order chi connectivity index (χ1) is 12.2. The molecule has 5 nitrogen and oxygen atoms in total. The van der Waals surface area contributed by atoms with E-state index in [-0.39, 0.29) is 12.5 Å². The fourth-order valence-electron chi connectivity index (χ4n) is 2.50. The van der Waals surface area contributed by atoms with Crippen LogP contribution in [0.4, 0.5) is 0 Å². The summed E-state index contributed by atoms with van der Waals surface area (Å²) < 4.78 is 5.76. The summed E-state index contributed by atoms with van der Waals surface area (Å²) in [5.74, 6) is 1.63. The van der Waals surface area contributed by atoms with Gasteiger partial charge < -0.3 is 20.5 Å². The van der Waals surface area contributed by atoms with Crippen molar-refractivity contribution in [1.29, 1.82) is 0 Å². The van der Waals surface area contributed by atoms with E-state index in [4.69, 9.17) is 4.74 Å². The van der Waals surface area contributed by atoms with E-state index in [9.17, 15) is 5.11 Å². The zero-order chi connectivity index (χ0) is 17.9. The van der Waals surface area contributed by atoms with Crippen LogP contribution in [0.2, 0.25) is 0 Å². The summed E-state index contributed by atoms with van der Waals surface area (Å²) in [4.78, 5) is 4.21. The molecule has 2 rings (SSSR count). The van der Waals surface area contributed by atoms with Crippen LogP contribution in [0.1, 0.15) is 17.0 Å². The molecule has 0 aliphatic rings. The molecule has 0 spiro atoms. The van der Waals surface area contributed by atoms with Gasteiger partial charge in [0.2, 0.25) is 0 Å². The smallest absolute Gasteiger partial charge is 0.191 e. The predicted octanol–water partition coefficient (Wildman–Crippen LogP) is 2.31. The van der Waals surface area contributed by atoms with Crippen LogP contribution in [0.15, 0.2) is 59.6 Å². The van der Waals surface area contributed by atoms with Gasteiger partial charge in [-0.05, 0) is 24.1 Å². The number of aliphatic hydroxyl groups excluding tert-OH is 1. The van der Waals surface area contributed by atoms with E-state index in [0.29, 0.717) is 25.7 Å². The second-order valence-corrected chi connectivity index (χ2v) is 5.78. The summed E-state index contributed by atoms with van der Waals surface area (Å²) in [6, 6.07) is 17.9. The monoisotopic (exact) mass is 341 g/mol. The maximum Gasteiger partial charge on any atom is 0.191 e. The molecule has 2 aromatic rings. The topological polar surface area (TPSA) is 65.9 Å². The zero-order valence-electron chi connectivity index (χ0n) is 14.9. The van der Waals surface area contributed by atoms with Crippen LogP contribution in [-0.2, 0) is 0 Å². The first-order valence-corrected chi connectivity index (χ1v) is 8.53. The summed E-state index contributed by atoms with van der Waals surface area (Å²) >= 11 is 0. The number of benzene rings is 2. The van der Waals surface area contributed by atoms with E-state index < -0.39 is 0 Å². The van der Waals surface area contributed by atoms with E-state index >= 15 is 0 Å². The standard InChI is InChI=1S/C20H27N3O2/c1-16-8-6-7-11-19(16)25-13-12-22-20(21-2)23-14-18(15-24)17-9-4-3-5-10-17/h3-11,18,24H,12-15H2,1-2H3,(H2,21,22,23). The van der Waals surface area contributed by atoms with Crippen LogP contribution < -0.4 is 15.4 Å². The zero-order valence-corrected chi connectivity index (χ0v) is 14.9. The third kappa shape index (κ3) is 6.12. The van der Waals surface area contributed by atoms with Crippen LogP contribution in [0, 0.1) is 6.92 Å². The average Bonchev–Trinajstić information content (AvgIpc) is 2.66. The molecular weight excluding hydrogens is 314 g/mol. The molecule has 0 radical (unpaired) electrons. The van der Waals surface area contributed by atoms with Crippen molar-refractivity contribution in [3.05, 3.63) is 65.7 Å². The highest BCUT2D eigenvalue weighted by Gasteiger charge is 2.10. The Labute approximate surface area is 149 Å². The number of nitrogens with one attached hydrogen (secondary N) is 2. The molecule has 1 atom stereocenters. The molecule has 0 aliphatic carbocycles. The molecule has 0 fully saturated rings. The van der Waals surface area contributed by atoms with Gasteiger partial charge in [-0.15, -0.1) is 0 Å². The molecule has 0 aliphatic heterocycles. The van der Waals surface area contributed by atoms with Crippen LogP contribution in [0.3, 0.4) is 0 Å². The molecule has 2 aromatic carbocycles. The van der Waals surface area contributed by atoms with Gasteiger partial charge in [-0.25, -0.2) is 0 Å². The van der Waals surface area contributed by atoms with E-state index in [0.717, 1.165) is 16.9 Å². The summed E-state index contributed by atoms with van der Waals surface area (Å²) in [6.45, 7) is 3.92. The van der Waals surface area contributed by atoms with Gasteiger partial charge in [-0.3, -0.25) is 4.99 Å². The number of para-hydroxylation sites is 1. The van der Waals surface area contributed by atoms with E-state index in [1.807, 2.05) is 61.5 Å². The number of ether oxygens (including phenoxy) is 1. The van der Waals surface area contributed by atoms with Gasteiger partial charge in [0.05, 0.1) is 13.2 Å². The van der Waals surface area contributed by atoms with Crippen molar-refractivity contribution in [2.75, 3.05) is 33.4 Å². The Bertz CT molecular complexity index is 659. The molecule has 3 N–H and O–H groups in total. The van der Waals surface area contributed by atoms with Crippen LogP contribution in [0.5, 0.6) is 5.75 Å². The Morgan fingerprint density at radius 2 is 1.80 bits per heavy atom. The van der Waals surface area contributed by atoms with Gasteiger partial charge in [0.15, 0.2) is 5.96 Å². The summed E-state index contributed by atoms with van der Waals surface area (Å²) in [6.07, 6.45) is 0. The van der Waals surface area contributed by atoms with Gasteiger partial charge >= 0.3 is 0 Å². The molecule has 0 saturated heterocycles. The largest absolute Gasteiger partial charge is 0.491 e. The Balaban J connectivity index is 1.74. The molecule has 134 valence electrons. The van der Waals surface area contributed by atoms with E-state index in [2.05, 4.69) is 15.6 Å². The minimum atomic E-state index is 0.0305. The van der Waals surface area contributed by atoms with Crippen molar-refractivity contribution in [1.82, 2.24) is 10.6 Å². The molecule has 25 heavy (non-hydrogen) atoms. The van der Waals surface area contributed by atoms with Crippen LogP contribution >= 0.6 is 0 Å². The molecule has 0 heterocycles. The lowest BCUT2D eigenvalue weighted by Gasteiger charge is -2.18. The lowest BCUT2D eigenvalue weighted by atomic mass is 10.0. The second kappa shape index (κ2) is 10.4. The first-order valence-electron chi connectivity index (χ1n) is 8.53. The van der Waals surface area contributed by atoms with E-state index in [1.54, 1.807) is 7.05 Å². The quantitative estimate of drug-likeness (QED) is 0.392. The number of hydrogen-bond acceptors (Lipinski definition) is 3. The number of aryl methyl sites for hydroxylation is 1. The first kappa shape index (κ1) is 18.8. The van der Waals surface area contributed by atoms with Gasteiger partial charge in [-0.2, -0.15) is 0 Å². The average molecular weight is 341 g/mol. The molecule has 1 unspecified atom stereocenters. The lowest BCUT2D eigenvalue weighted by molar-refractivity contribution is 0.265. The maximum atomic E-state index is 9.61.